The van der Waals surface area contributed by atoms with Crippen molar-refractivity contribution in [3.63, 3.8) is 0 Å². The van der Waals surface area contributed by atoms with E-state index in [1.165, 1.54) is 6.07 Å². The number of alkyl halides is 3. The lowest BCUT2D eigenvalue weighted by Crippen LogP contribution is -2.44. The summed E-state index contributed by atoms with van der Waals surface area (Å²) in [6.07, 6.45) is 0.764. The van der Waals surface area contributed by atoms with Gasteiger partial charge < -0.3 is 9.53 Å². The van der Waals surface area contributed by atoms with E-state index in [1.54, 1.807) is 6.07 Å². The van der Waals surface area contributed by atoms with E-state index in [0.29, 0.717) is 5.56 Å². The van der Waals surface area contributed by atoms with Crippen molar-refractivity contribution >= 4 is 13.9 Å². The SMILES string of the molecule is CC(C)c1nc2c(c(C3=CCCC3)c1C(O)c1cccc(C(F)(F)F)c1)[C@@H](O[Si](C)(C)C(C)(C)C)CC(C)(C)C2. The van der Waals surface area contributed by atoms with Crippen LogP contribution in [0.5, 0.6) is 0 Å². The summed E-state index contributed by atoms with van der Waals surface area (Å²) in [7, 11) is -2.19. The van der Waals surface area contributed by atoms with Crippen molar-refractivity contribution in [3.05, 3.63) is 69.5 Å². The highest BCUT2D eigenvalue weighted by Crippen LogP contribution is 2.52. The van der Waals surface area contributed by atoms with Crippen LogP contribution in [0.4, 0.5) is 13.2 Å². The molecule has 0 spiro atoms. The Morgan fingerprint density at radius 2 is 1.80 bits per heavy atom. The Morgan fingerprint density at radius 3 is 2.35 bits per heavy atom. The molecule has 0 aliphatic heterocycles. The van der Waals surface area contributed by atoms with Crippen LogP contribution in [0.1, 0.15) is 131 Å². The number of hydrogen-bond donors (Lipinski definition) is 1. The smallest absolute Gasteiger partial charge is 0.410 e. The molecule has 2 aliphatic rings. The molecular formula is C33H46F3NO2Si. The number of aliphatic hydroxyl groups is 1. The molecule has 1 unspecified atom stereocenters. The van der Waals surface area contributed by atoms with Crippen molar-refractivity contribution in [2.45, 2.75) is 123 Å². The molecule has 0 saturated heterocycles. The Bertz CT molecular complexity index is 1290. The third-order valence-corrected chi connectivity index (χ3v) is 13.5. The summed E-state index contributed by atoms with van der Waals surface area (Å²) in [5, 5.41) is 11.9. The van der Waals surface area contributed by atoms with Gasteiger partial charge in [-0.15, -0.1) is 0 Å². The Balaban J connectivity index is 2.02. The first-order valence-corrected chi connectivity index (χ1v) is 17.5. The van der Waals surface area contributed by atoms with Crippen molar-refractivity contribution in [2.24, 2.45) is 5.41 Å². The van der Waals surface area contributed by atoms with E-state index in [-0.39, 0.29) is 28.0 Å². The average Bonchev–Trinajstić information content (AvgIpc) is 3.35. The molecule has 1 N–H and O–H groups in total. The van der Waals surface area contributed by atoms with Crippen LogP contribution in [0, 0.1) is 5.41 Å². The number of aliphatic hydroxyl groups excluding tert-OH is 1. The van der Waals surface area contributed by atoms with Gasteiger partial charge in [0.25, 0.3) is 0 Å². The van der Waals surface area contributed by atoms with E-state index in [0.717, 1.165) is 72.3 Å². The van der Waals surface area contributed by atoms with Gasteiger partial charge in [0.05, 0.1) is 11.7 Å². The van der Waals surface area contributed by atoms with Gasteiger partial charge in [-0.2, -0.15) is 13.2 Å². The summed E-state index contributed by atoms with van der Waals surface area (Å²) < 4.78 is 48.1. The van der Waals surface area contributed by atoms with Gasteiger partial charge in [0.2, 0.25) is 0 Å². The van der Waals surface area contributed by atoms with Crippen molar-refractivity contribution in [1.29, 1.82) is 0 Å². The first-order chi connectivity index (χ1) is 18.3. The summed E-state index contributed by atoms with van der Waals surface area (Å²) in [6, 6.07) is 5.09. The molecule has 220 valence electrons. The van der Waals surface area contributed by atoms with Gasteiger partial charge in [0.1, 0.15) is 6.10 Å². The molecule has 1 aromatic heterocycles. The van der Waals surface area contributed by atoms with Crippen LogP contribution in [0.15, 0.2) is 30.3 Å². The fraction of sp³-hybridized carbons (Fsp3) is 0.606. The normalized spacial score (nSPS) is 20.4. The molecule has 1 heterocycles. The Labute approximate surface area is 239 Å². The maximum atomic E-state index is 13.7. The number of hydrogen-bond acceptors (Lipinski definition) is 3. The van der Waals surface area contributed by atoms with Gasteiger partial charge >= 0.3 is 6.18 Å². The van der Waals surface area contributed by atoms with Crippen molar-refractivity contribution in [2.75, 3.05) is 0 Å². The molecule has 2 aliphatic carbocycles. The van der Waals surface area contributed by atoms with Crippen LogP contribution in [0.25, 0.3) is 5.57 Å². The number of allylic oxidation sites excluding steroid dienone is 2. The highest BCUT2D eigenvalue weighted by molar-refractivity contribution is 6.74. The van der Waals surface area contributed by atoms with Gasteiger partial charge in [-0.05, 0) is 90.4 Å². The van der Waals surface area contributed by atoms with Crippen LogP contribution < -0.4 is 0 Å². The minimum atomic E-state index is -4.49. The number of fused-ring (bicyclic) bond motifs is 1. The average molecular weight is 574 g/mol. The van der Waals surface area contributed by atoms with Crippen LogP contribution in [-0.2, 0) is 17.0 Å². The van der Waals surface area contributed by atoms with Crippen LogP contribution in [0.3, 0.4) is 0 Å². The van der Waals surface area contributed by atoms with Crippen molar-refractivity contribution in [3.8, 4) is 0 Å². The Hall–Kier alpha value is -1.96. The topological polar surface area (TPSA) is 42.4 Å². The summed E-state index contributed by atoms with van der Waals surface area (Å²) in [5.41, 5.74) is 5.03. The Morgan fingerprint density at radius 1 is 1.12 bits per heavy atom. The fourth-order valence-electron chi connectivity index (χ4n) is 5.94. The maximum absolute atomic E-state index is 13.7. The molecule has 0 bridgehead atoms. The van der Waals surface area contributed by atoms with E-state index in [9.17, 15) is 18.3 Å². The second kappa shape index (κ2) is 10.7. The standard InChI is InChI=1S/C33H46F3NO2Si/c1-20(2)29-28(30(38)22-15-12-16-23(17-22)33(34,35)36)26(21-13-10-11-14-21)27-24(37-29)18-32(6,7)19-25(27)39-40(8,9)31(3,4)5/h12-13,15-17,20,25,30,38H,10-11,14,18-19H2,1-9H3/t25-,30?/m0/s1. The third kappa shape index (κ3) is 6.12. The highest BCUT2D eigenvalue weighted by Gasteiger charge is 2.45. The molecule has 2 aromatic rings. The molecule has 0 fully saturated rings. The quantitative estimate of drug-likeness (QED) is 0.350. The molecule has 0 saturated carbocycles. The van der Waals surface area contributed by atoms with Crippen molar-refractivity contribution in [1.82, 2.24) is 4.98 Å². The molecule has 2 atom stereocenters. The zero-order valence-corrected chi connectivity index (χ0v) is 26.6. The monoisotopic (exact) mass is 573 g/mol. The van der Waals surface area contributed by atoms with Gasteiger partial charge in [0, 0.05) is 22.5 Å². The second-order valence-electron chi connectivity index (χ2n) is 14.4. The molecule has 0 amide bonds. The minimum Gasteiger partial charge on any atom is -0.410 e. The molecule has 7 heteroatoms. The number of aromatic nitrogens is 1. The zero-order valence-electron chi connectivity index (χ0n) is 25.6. The van der Waals surface area contributed by atoms with E-state index in [2.05, 4.69) is 53.8 Å². The van der Waals surface area contributed by atoms with Crippen LogP contribution >= 0.6 is 0 Å². The van der Waals surface area contributed by atoms with Crippen LogP contribution in [-0.4, -0.2) is 18.4 Å². The first kappa shape index (κ1) is 31.0. The first-order valence-electron chi connectivity index (χ1n) is 14.6. The number of halogens is 3. The van der Waals surface area contributed by atoms with E-state index in [1.807, 2.05) is 13.8 Å². The predicted octanol–water partition coefficient (Wildman–Crippen LogP) is 9.91. The molecule has 3 nitrogen and oxygen atoms in total. The maximum Gasteiger partial charge on any atom is 0.416 e. The number of rotatable bonds is 6. The van der Waals surface area contributed by atoms with E-state index >= 15 is 0 Å². The molecule has 0 radical (unpaired) electrons. The van der Waals surface area contributed by atoms with Gasteiger partial charge in [0.15, 0.2) is 8.32 Å². The Kier molecular flexibility index (Phi) is 8.29. The summed E-state index contributed by atoms with van der Waals surface area (Å²) in [4.78, 5) is 5.23. The molecular weight excluding hydrogens is 527 g/mol. The number of nitrogens with zero attached hydrogens (tertiary/aromatic N) is 1. The lowest BCUT2D eigenvalue weighted by molar-refractivity contribution is -0.137. The largest absolute Gasteiger partial charge is 0.416 e. The highest BCUT2D eigenvalue weighted by atomic mass is 28.4. The fourth-order valence-corrected chi connectivity index (χ4v) is 7.21. The van der Waals surface area contributed by atoms with Gasteiger partial charge in [-0.25, -0.2) is 0 Å². The zero-order chi connectivity index (χ0) is 29.8. The minimum absolute atomic E-state index is 0.00717. The van der Waals surface area contributed by atoms with Gasteiger partial charge in [-0.3, -0.25) is 4.98 Å². The third-order valence-electron chi connectivity index (χ3n) is 9.04. The molecule has 40 heavy (non-hydrogen) atoms. The second-order valence-corrected chi connectivity index (χ2v) is 19.1. The van der Waals surface area contributed by atoms with Crippen molar-refractivity contribution < 1.29 is 22.7 Å². The van der Waals surface area contributed by atoms with E-state index < -0.39 is 26.2 Å². The summed E-state index contributed by atoms with van der Waals surface area (Å²) in [6.45, 7) is 19.8. The van der Waals surface area contributed by atoms with Crippen LogP contribution in [0.2, 0.25) is 18.1 Å². The van der Waals surface area contributed by atoms with Gasteiger partial charge in [-0.1, -0.05) is 66.7 Å². The number of pyridine rings is 1. The molecule has 1 aromatic carbocycles. The number of benzene rings is 1. The summed E-state index contributed by atoms with van der Waals surface area (Å²) >= 11 is 0. The lowest BCUT2D eigenvalue weighted by atomic mass is 9.71. The van der Waals surface area contributed by atoms with E-state index in [4.69, 9.17) is 9.41 Å². The molecule has 4 rings (SSSR count). The predicted molar refractivity (Wildman–Crippen MR) is 159 cm³/mol. The summed E-state index contributed by atoms with van der Waals surface area (Å²) in [5.74, 6) is -0.0219. The lowest BCUT2D eigenvalue weighted by Gasteiger charge is -2.45.